The molecule has 0 bridgehead atoms. The molecule has 324 valence electrons. The van der Waals surface area contributed by atoms with Crippen LogP contribution < -0.4 is 4.90 Å². The molecule has 13 aromatic rings. The summed E-state index contributed by atoms with van der Waals surface area (Å²) in [4.78, 5) is 2.34. The van der Waals surface area contributed by atoms with Gasteiger partial charge in [0.1, 0.15) is 11.2 Å². The zero-order valence-corrected chi connectivity index (χ0v) is 37.7. The Morgan fingerprint density at radius 1 is 0.275 bits per heavy atom. The number of rotatable bonds is 9. The molecular weight excluding hydrogens is 837 g/mol. The van der Waals surface area contributed by atoms with Crippen molar-refractivity contribution in [2.45, 2.75) is 0 Å². The molecule has 3 nitrogen and oxygen atoms in total. The van der Waals surface area contributed by atoms with E-state index in [4.69, 9.17) is 4.42 Å². The first-order chi connectivity index (χ1) is 34.2. The third-order valence-electron chi connectivity index (χ3n) is 13.6. The third kappa shape index (κ3) is 7.25. The van der Waals surface area contributed by atoms with Crippen LogP contribution in [0.5, 0.6) is 0 Å². The molecule has 11 aromatic carbocycles. The number of fused-ring (bicyclic) bond motifs is 6. The number of nitrogens with zero attached hydrogens (tertiary/aromatic N) is 2. The summed E-state index contributed by atoms with van der Waals surface area (Å²) in [7, 11) is 0. The average molecular weight is 881 g/mol. The van der Waals surface area contributed by atoms with Crippen LogP contribution in [0, 0.1) is 0 Å². The van der Waals surface area contributed by atoms with E-state index in [2.05, 4.69) is 270 Å². The molecule has 0 atom stereocenters. The standard InChI is InChI=1S/C66H44N2O/c1-3-13-45(14-4-1)47-29-36-54(37-30-47)67(56-40-33-50(34-41-56)53-35-42-61-62-22-12-21-58(51-15-5-2-6-16-51)66(62)69-65(61)44-53)55-38-31-48(32-39-55)46-25-27-49(28-26-46)52-17-11-18-57(43-52)68-63-23-9-7-19-59(63)60-20-8-10-24-64(60)68/h1-44H. The Bertz CT molecular complexity index is 3910. The Hall–Kier alpha value is -9.18. The first kappa shape index (κ1) is 40.1. The van der Waals surface area contributed by atoms with Crippen LogP contribution in [0.15, 0.2) is 271 Å². The van der Waals surface area contributed by atoms with E-state index in [1.165, 1.54) is 49.6 Å². The van der Waals surface area contributed by atoms with Crippen LogP contribution in [0.3, 0.4) is 0 Å². The molecular formula is C66H44N2O. The van der Waals surface area contributed by atoms with Gasteiger partial charge in [0.15, 0.2) is 0 Å². The average Bonchev–Trinajstić information content (AvgIpc) is 3.98. The number of hydrogen-bond acceptors (Lipinski definition) is 2. The molecule has 0 aliphatic rings. The molecule has 0 radical (unpaired) electrons. The molecule has 0 fully saturated rings. The van der Waals surface area contributed by atoms with E-state index in [9.17, 15) is 0 Å². The van der Waals surface area contributed by atoms with Crippen LogP contribution in [0.4, 0.5) is 17.1 Å². The molecule has 0 unspecified atom stereocenters. The van der Waals surface area contributed by atoms with Crippen molar-refractivity contribution in [3.8, 4) is 61.3 Å². The molecule has 2 heterocycles. The molecule has 0 spiro atoms. The SMILES string of the molecule is c1ccc(-c2ccc(N(c3ccc(-c4ccc(-c5cccc(-n6c7ccccc7c7ccccc76)c5)cc4)cc3)c3ccc(-c4ccc5c(c4)oc4c(-c6ccccc6)cccc45)cc3)cc2)cc1. The fourth-order valence-electron chi connectivity index (χ4n) is 10.2. The van der Waals surface area contributed by atoms with Gasteiger partial charge >= 0.3 is 0 Å². The molecule has 3 heteroatoms. The number of hydrogen-bond donors (Lipinski definition) is 0. The van der Waals surface area contributed by atoms with Crippen molar-refractivity contribution in [3.63, 3.8) is 0 Å². The highest BCUT2D eigenvalue weighted by Crippen LogP contribution is 2.41. The molecule has 0 N–H and O–H groups in total. The Balaban J connectivity index is 0.807. The van der Waals surface area contributed by atoms with Gasteiger partial charge in [-0.25, -0.2) is 0 Å². The molecule has 0 saturated carbocycles. The van der Waals surface area contributed by atoms with E-state index in [1.807, 2.05) is 6.07 Å². The Labute approximate surface area is 401 Å². The van der Waals surface area contributed by atoms with E-state index in [1.54, 1.807) is 0 Å². The molecule has 69 heavy (non-hydrogen) atoms. The summed E-state index contributed by atoms with van der Waals surface area (Å²) in [6.45, 7) is 0. The van der Waals surface area contributed by atoms with E-state index < -0.39 is 0 Å². The highest BCUT2D eigenvalue weighted by Gasteiger charge is 2.17. The number of furan rings is 1. The predicted octanol–water partition coefficient (Wildman–Crippen LogP) is 18.5. The fourth-order valence-corrected chi connectivity index (χ4v) is 10.2. The summed E-state index contributed by atoms with van der Waals surface area (Å²) >= 11 is 0. The lowest BCUT2D eigenvalue weighted by atomic mass is 9.99. The van der Waals surface area contributed by atoms with Gasteiger partial charge in [0.25, 0.3) is 0 Å². The Kier molecular flexibility index (Phi) is 9.84. The van der Waals surface area contributed by atoms with Crippen molar-refractivity contribution < 1.29 is 4.42 Å². The Morgan fingerprint density at radius 2 is 0.681 bits per heavy atom. The molecule has 0 aliphatic heterocycles. The smallest absolute Gasteiger partial charge is 0.143 e. The van der Waals surface area contributed by atoms with Gasteiger partial charge in [0, 0.05) is 49.9 Å². The van der Waals surface area contributed by atoms with Crippen LogP contribution in [0.25, 0.3) is 105 Å². The summed E-state index contributed by atoms with van der Waals surface area (Å²) in [6, 6.07) is 95.9. The quantitative estimate of drug-likeness (QED) is 0.144. The summed E-state index contributed by atoms with van der Waals surface area (Å²) < 4.78 is 9.00. The summed E-state index contributed by atoms with van der Waals surface area (Å²) in [5.41, 5.74) is 20.2. The van der Waals surface area contributed by atoms with Gasteiger partial charge in [-0.2, -0.15) is 0 Å². The number of anilines is 3. The third-order valence-corrected chi connectivity index (χ3v) is 13.6. The second-order valence-electron chi connectivity index (χ2n) is 17.7. The van der Waals surface area contributed by atoms with Crippen molar-refractivity contribution in [1.29, 1.82) is 0 Å². The minimum atomic E-state index is 0.884. The topological polar surface area (TPSA) is 21.3 Å². The van der Waals surface area contributed by atoms with E-state index in [0.29, 0.717) is 0 Å². The highest BCUT2D eigenvalue weighted by atomic mass is 16.3. The maximum Gasteiger partial charge on any atom is 0.143 e. The lowest BCUT2D eigenvalue weighted by molar-refractivity contribution is 0.670. The molecule has 0 saturated heterocycles. The van der Waals surface area contributed by atoms with Crippen molar-refractivity contribution in [2.24, 2.45) is 0 Å². The van der Waals surface area contributed by atoms with Gasteiger partial charge in [0.05, 0.1) is 11.0 Å². The van der Waals surface area contributed by atoms with Gasteiger partial charge in [-0.15, -0.1) is 0 Å². The molecule has 13 rings (SSSR count). The second-order valence-corrected chi connectivity index (χ2v) is 17.7. The molecule has 2 aromatic heterocycles. The zero-order valence-electron chi connectivity index (χ0n) is 37.7. The van der Waals surface area contributed by atoms with Gasteiger partial charge in [0.2, 0.25) is 0 Å². The van der Waals surface area contributed by atoms with E-state index in [-0.39, 0.29) is 0 Å². The van der Waals surface area contributed by atoms with Gasteiger partial charge in [-0.1, -0.05) is 194 Å². The van der Waals surface area contributed by atoms with Gasteiger partial charge in [-0.05, 0) is 123 Å². The zero-order chi connectivity index (χ0) is 45.7. The highest BCUT2D eigenvalue weighted by molar-refractivity contribution is 6.11. The van der Waals surface area contributed by atoms with E-state index in [0.717, 1.165) is 72.5 Å². The minimum Gasteiger partial charge on any atom is -0.455 e. The van der Waals surface area contributed by atoms with Crippen molar-refractivity contribution in [3.05, 3.63) is 267 Å². The molecule has 0 aliphatic carbocycles. The maximum absolute atomic E-state index is 6.62. The van der Waals surface area contributed by atoms with Crippen LogP contribution in [0.1, 0.15) is 0 Å². The monoisotopic (exact) mass is 880 g/mol. The van der Waals surface area contributed by atoms with Crippen molar-refractivity contribution in [1.82, 2.24) is 4.57 Å². The maximum atomic E-state index is 6.62. The van der Waals surface area contributed by atoms with Crippen LogP contribution in [-0.4, -0.2) is 4.57 Å². The van der Waals surface area contributed by atoms with Crippen molar-refractivity contribution >= 4 is 60.8 Å². The van der Waals surface area contributed by atoms with Gasteiger partial charge < -0.3 is 13.9 Å². The summed E-state index contributed by atoms with van der Waals surface area (Å²) in [6.07, 6.45) is 0. The summed E-state index contributed by atoms with van der Waals surface area (Å²) in [5, 5.41) is 4.78. The van der Waals surface area contributed by atoms with Gasteiger partial charge in [-0.3, -0.25) is 0 Å². The first-order valence-electron chi connectivity index (χ1n) is 23.6. The van der Waals surface area contributed by atoms with E-state index >= 15 is 0 Å². The lowest BCUT2D eigenvalue weighted by Gasteiger charge is -2.26. The second kappa shape index (κ2) is 16.9. The molecule has 0 amide bonds. The predicted molar refractivity (Wildman–Crippen MR) is 290 cm³/mol. The van der Waals surface area contributed by atoms with Crippen LogP contribution in [0.2, 0.25) is 0 Å². The normalized spacial score (nSPS) is 11.5. The van der Waals surface area contributed by atoms with Crippen LogP contribution >= 0.6 is 0 Å². The Morgan fingerprint density at radius 3 is 1.25 bits per heavy atom. The largest absolute Gasteiger partial charge is 0.455 e. The fraction of sp³-hybridized carbons (Fsp3) is 0. The van der Waals surface area contributed by atoms with Crippen molar-refractivity contribution in [2.75, 3.05) is 4.90 Å². The lowest BCUT2D eigenvalue weighted by Crippen LogP contribution is -2.09. The first-order valence-corrected chi connectivity index (χ1v) is 23.6. The number of para-hydroxylation sites is 3. The summed E-state index contributed by atoms with van der Waals surface area (Å²) in [5.74, 6) is 0. The minimum absolute atomic E-state index is 0.884. The van der Waals surface area contributed by atoms with Crippen LogP contribution in [-0.2, 0) is 0 Å². The number of aromatic nitrogens is 1. The number of benzene rings is 11.